The molecule has 2 aliphatic heterocycles. The predicted octanol–water partition coefficient (Wildman–Crippen LogP) is 1.59. The Labute approximate surface area is 138 Å². The van der Waals surface area contributed by atoms with Gasteiger partial charge in [0.25, 0.3) is 0 Å². The third kappa shape index (κ3) is 3.58. The summed E-state index contributed by atoms with van der Waals surface area (Å²) in [4.78, 5) is 19.5. The summed E-state index contributed by atoms with van der Waals surface area (Å²) < 4.78 is 5.31. The van der Waals surface area contributed by atoms with Crippen molar-refractivity contribution in [3.8, 4) is 0 Å². The van der Waals surface area contributed by atoms with Crippen molar-refractivity contribution in [3.63, 3.8) is 0 Å². The van der Waals surface area contributed by atoms with Crippen LogP contribution in [0, 0.1) is 13.8 Å². The maximum atomic E-state index is 12.9. The van der Waals surface area contributed by atoms with Crippen LogP contribution in [0.2, 0.25) is 0 Å². The van der Waals surface area contributed by atoms with E-state index < -0.39 is 0 Å². The molecule has 128 valence electrons. The van der Waals surface area contributed by atoms with E-state index >= 15 is 0 Å². The van der Waals surface area contributed by atoms with Gasteiger partial charge < -0.3 is 14.3 Å². The van der Waals surface area contributed by atoms with Crippen molar-refractivity contribution >= 4 is 5.91 Å². The van der Waals surface area contributed by atoms with Crippen LogP contribution in [-0.2, 0) is 4.79 Å². The lowest BCUT2D eigenvalue weighted by molar-refractivity contribution is -0.133. The molecule has 3 rings (SSSR count). The highest BCUT2D eigenvalue weighted by atomic mass is 16.5. The number of likely N-dealkylation sites (tertiary alicyclic amines) is 1. The number of rotatable bonds is 3. The van der Waals surface area contributed by atoms with Gasteiger partial charge in [0.1, 0.15) is 5.76 Å². The molecule has 1 aromatic rings. The largest absolute Gasteiger partial charge is 0.361 e. The van der Waals surface area contributed by atoms with Gasteiger partial charge in [-0.25, -0.2) is 0 Å². The molecule has 6 heteroatoms. The second-order valence-electron chi connectivity index (χ2n) is 6.92. The van der Waals surface area contributed by atoms with Gasteiger partial charge in [0.05, 0.1) is 18.3 Å². The Morgan fingerprint density at radius 3 is 2.74 bits per heavy atom. The Morgan fingerprint density at radius 2 is 2.00 bits per heavy atom. The van der Waals surface area contributed by atoms with Crippen LogP contribution in [0.15, 0.2) is 4.52 Å². The highest BCUT2D eigenvalue weighted by molar-refractivity contribution is 5.79. The average molecular weight is 320 g/mol. The minimum absolute atomic E-state index is 0.142. The quantitative estimate of drug-likeness (QED) is 0.846. The summed E-state index contributed by atoms with van der Waals surface area (Å²) in [6.45, 7) is 9.45. The molecule has 0 bridgehead atoms. The first-order valence-electron chi connectivity index (χ1n) is 8.69. The molecule has 0 aliphatic carbocycles. The summed E-state index contributed by atoms with van der Waals surface area (Å²) in [5, 5.41) is 4.06. The van der Waals surface area contributed by atoms with Gasteiger partial charge in [0, 0.05) is 25.2 Å². The number of aromatic nitrogens is 1. The number of hydrogen-bond acceptors (Lipinski definition) is 5. The van der Waals surface area contributed by atoms with Gasteiger partial charge in [-0.3, -0.25) is 9.69 Å². The first kappa shape index (κ1) is 16.5. The number of carbonyl (C=O) groups is 1. The number of hydrogen-bond donors (Lipinski definition) is 0. The van der Waals surface area contributed by atoms with Crippen LogP contribution in [0.5, 0.6) is 0 Å². The molecule has 0 spiro atoms. The molecule has 0 N–H and O–H groups in total. The molecule has 0 radical (unpaired) electrons. The number of carbonyl (C=O) groups excluding carboxylic acids is 1. The Morgan fingerprint density at radius 1 is 1.17 bits per heavy atom. The van der Waals surface area contributed by atoms with Crippen LogP contribution in [0.25, 0.3) is 0 Å². The van der Waals surface area contributed by atoms with Crippen LogP contribution >= 0.6 is 0 Å². The third-order valence-corrected chi connectivity index (χ3v) is 5.17. The van der Waals surface area contributed by atoms with E-state index in [4.69, 9.17) is 4.52 Å². The van der Waals surface area contributed by atoms with Crippen molar-refractivity contribution in [2.24, 2.45) is 0 Å². The molecule has 2 saturated heterocycles. The molecule has 0 aromatic carbocycles. The Balaban J connectivity index is 1.66. The summed E-state index contributed by atoms with van der Waals surface area (Å²) in [7, 11) is 2.15. The summed E-state index contributed by atoms with van der Waals surface area (Å²) in [6.07, 6.45) is 3.21. The van der Waals surface area contributed by atoms with Gasteiger partial charge in [0.2, 0.25) is 5.91 Å². The predicted molar refractivity (Wildman–Crippen MR) is 88.2 cm³/mol. The van der Waals surface area contributed by atoms with Crippen molar-refractivity contribution in [2.45, 2.75) is 39.2 Å². The lowest BCUT2D eigenvalue weighted by Crippen LogP contribution is -2.41. The highest BCUT2D eigenvalue weighted by Crippen LogP contribution is 2.35. The van der Waals surface area contributed by atoms with Crippen LogP contribution in [-0.4, -0.2) is 72.1 Å². The number of aryl methyl sites for hydroxylation is 2. The fourth-order valence-electron chi connectivity index (χ4n) is 3.87. The summed E-state index contributed by atoms with van der Waals surface area (Å²) in [5.41, 5.74) is 2.04. The molecular weight excluding hydrogens is 292 g/mol. The van der Waals surface area contributed by atoms with Crippen molar-refractivity contribution in [3.05, 3.63) is 17.0 Å². The molecule has 6 nitrogen and oxygen atoms in total. The zero-order valence-corrected chi connectivity index (χ0v) is 14.5. The minimum atomic E-state index is 0.142. The van der Waals surface area contributed by atoms with Gasteiger partial charge in [-0.15, -0.1) is 0 Å². The molecule has 1 aromatic heterocycles. The smallest absolute Gasteiger partial charge is 0.237 e. The summed E-state index contributed by atoms with van der Waals surface area (Å²) >= 11 is 0. The Hall–Kier alpha value is -1.40. The fraction of sp³-hybridized carbons (Fsp3) is 0.765. The number of likely N-dealkylation sites (N-methyl/N-ethyl adjacent to an activating group) is 1. The van der Waals surface area contributed by atoms with Crippen molar-refractivity contribution in [2.75, 3.05) is 46.3 Å². The van der Waals surface area contributed by atoms with Crippen LogP contribution in [0.4, 0.5) is 0 Å². The average Bonchev–Trinajstić information content (AvgIpc) is 3.05. The molecule has 2 fully saturated rings. The first-order chi connectivity index (χ1) is 11.1. The van der Waals surface area contributed by atoms with E-state index in [1.54, 1.807) is 0 Å². The summed E-state index contributed by atoms with van der Waals surface area (Å²) in [6, 6.07) is 0.142. The molecule has 2 aliphatic rings. The Kier molecular flexibility index (Phi) is 5.02. The van der Waals surface area contributed by atoms with Crippen molar-refractivity contribution in [1.82, 2.24) is 19.9 Å². The SMILES string of the molecule is Cc1noc(C)c1[C@H]1CCCN1C(=O)CN1CCCN(C)CC1. The van der Waals surface area contributed by atoms with E-state index in [1.165, 1.54) is 0 Å². The molecule has 0 saturated carbocycles. The molecule has 0 unspecified atom stereocenters. The van der Waals surface area contributed by atoms with Crippen LogP contribution in [0.1, 0.15) is 42.3 Å². The van der Waals surface area contributed by atoms with Crippen molar-refractivity contribution < 1.29 is 9.32 Å². The van der Waals surface area contributed by atoms with Crippen LogP contribution in [0.3, 0.4) is 0 Å². The topological polar surface area (TPSA) is 52.8 Å². The zero-order valence-electron chi connectivity index (χ0n) is 14.5. The van der Waals surface area contributed by atoms with E-state index in [-0.39, 0.29) is 11.9 Å². The third-order valence-electron chi connectivity index (χ3n) is 5.17. The maximum Gasteiger partial charge on any atom is 0.237 e. The van der Waals surface area contributed by atoms with Gasteiger partial charge in [0.15, 0.2) is 0 Å². The number of nitrogens with zero attached hydrogens (tertiary/aromatic N) is 4. The van der Waals surface area contributed by atoms with E-state index in [2.05, 4.69) is 22.0 Å². The minimum Gasteiger partial charge on any atom is -0.361 e. The zero-order chi connectivity index (χ0) is 16.4. The van der Waals surface area contributed by atoms with Crippen molar-refractivity contribution in [1.29, 1.82) is 0 Å². The lowest BCUT2D eigenvalue weighted by Gasteiger charge is -2.28. The standard InChI is InChI=1S/C17H28N4O2/c1-13-17(14(2)23-18-13)15-6-4-9-21(15)16(22)12-20-8-5-7-19(3)10-11-20/h15H,4-12H2,1-3H3/t15-/m1/s1. The number of amides is 1. The van der Waals surface area contributed by atoms with E-state index in [9.17, 15) is 4.79 Å². The molecule has 23 heavy (non-hydrogen) atoms. The molecular formula is C17H28N4O2. The second kappa shape index (κ2) is 7.01. The van der Waals surface area contributed by atoms with Crippen LogP contribution < -0.4 is 0 Å². The second-order valence-corrected chi connectivity index (χ2v) is 6.92. The first-order valence-corrected chi connectivity index (χ1v) is 8.69. The molecule has 3 heterocycles. The van der Waals surface area contributed by atoms with Gasteiger partial charge in [-0.2, -0.15) is 0 Å². The van der Waals surface area contributed by atoms with E-state index in [1.807, 2.05) is 18.7 Å². The Bertz CT molecular complexity index is 537. The van der Waals surface area contributed by atoms with Gasteiger partial charge >= 0.3 is 0 Å². The molecule has 1 atom stereocenters. The highest BCUT2D eigenvalue weighted by Gasteiger charge is 2.34. The van der Waals surface area contributed by atoms with Gasteiger partial charge in [-0.05, 0) is 53.2 Å². The summed E-state index contributed by atoms with van der Waals surface area (Å²) in [5.74, 6) is 1.10. The van der Waals surface area contributed by atoms with Gasteiger partial charge in [-0.1, -0.05) is 5.16 Å². The monoisotopic (exact) mass is 320 g/mol. The van der Waals surface area contributed by atoms with E-state index in [0.717, 1.165) is 69.0 Å². The molecule has 1 amide bonds. The normalized spacial score (nSPS) is 24.1. The van der Waals surface area contributed by atoms with E-state index in [0.29, 0.717) is 6.54 Å². The fourth-order valence-corrected chi connectivity index (χ4v) is 3.87. The lowest BCUT2D eigenvalue weighted by atomic mass is 10.0. The maximum absolute atomic E-state index is 12.9.